The molecular formula is C16H18ClNO. The number of nitrogens with one attached hydrogen (secondary N) is 1. The molecule has 0 aliphatic heterocycles. The lowest BCUT2D eigenvalue weighted by Gasteiger charge is -2.12. The Balaban J connectivity index is 2.10. The third-order valence-corrected chi connectivity index (χ3v) is 3.62. The van der Waals surface area contributed by atoms with Crippen LogP contribution in [0.2, 0.25) is 5.02 Å². The molecule has 0 saturated heterocycles. The third kappa shape index (κ3) is 3.21. The highest BCUT2D eigenvalue weighted by atomic mass is 35.5. The minimum Gasteiger partial charge on any atom is -0.496 e. The van der Waals surface area contributed by atoms with Crippen LogP contribution in [-0.4, -0.2) is 7.11 Å². The summed E-state index contributed by atoms with van der Waals surface area (Å²) in [5.41, 5.74) is 4.51. The molecule has 0 heterocycles. The van der Waals surface area contributed by atoms with E-state index >= 15 is 0 Å². The van der Waals surface area contributed by atoms with Crippen LogP contribution in [0.5, 0.6) is 5.75 Å². The van der Waals surface area contributed by atoms with Crippen molar-refractivity contribution in [1.29, 1.82) is 0 Å². The summed E-state index contributed by atoms with van der Waals surface area (Å²) in [6, 6.07) is 12.1. The molecule has 3 heteroatoms. The van der Waals surface area contributed by atoms with Crippen LogP contribution in [0.4, 0.5) is 5.69 Å². The zero-order valence-electron chi connectivity index (χ0n) is 11.5. The van der Waals surface area contributed by atoms with E-state index in [1.54, 1.807) is 7.11 Å². The molecule has 0 aliphatic rings. The van der Waals surface area contributed by atoms with Crippen LogP contribution in [0, 0.1) is 13.8 Å². The molecule has 0 bridgehead atoms. The normalized spacial score (nSPS) is 10.3. The van der Waals surface area contributed by atoms with Crippen molar-refractivity contribution in [3.05, 3.63) is 58.1 Å². The molecule has 0 aromatic heterocycles. The van der Waals surface area contributed by atoms with Crippen LogP contribution >= 0.6 is 11.6 Å². The lowest BCUT2D eigenvalue weighted by atomic mass is 10.1. The minimum atomic E-state index is 0.770. The fourth-order valence-electron chi connectivity index (χ4n) is 2.05. The van der Waals surface area contributed by atoms with E-state index in [0.29, 0.717) is 0 Å². The number of halogens is 1. The summed E-state index contributed by atoms with van der Waals surface area (Å²) in [7, 11) is 1.69. The minimum absolute atomic E-state index is 0.770. The number of rotatable bonds is 4. The van der Waals surface area contributed by atoms with Crippen molar-refractivity contribution in [2.45, 2.75) is 20.4 Å². The summed E-state index contributed by atoms with van der Waals surface area (Å²) in [4.78, 5) is 0. The highest BCUT2D eigenvalue weighted by Crippen LogP contribution is 2.24. The van der Waals surface area contributed by atoms with E-state index in [2.05, 4.69) is 17.4 Å². The van der Waals surface area contributed by atoms with Gasteiger partial charge in [0, 0.05) is 17.3 Å². The van der Waals surface area contributed by atoms with Gasteiger partial charge in [-0.05, 0) is 48.7 Å². The monoisotopic (exact) mass is 275 g/mol. The number of hydrogen-bond acceptors (Lipinski definition) is 2. The number of aryl methyl sites for hydroxylation is 1. The average Bonchev–Trinajstić information content (AvgIpc) is 2.40. The van der Waals surface area contributed by atoms with Crippen LogP contribution in [0.25, 0.3) is 0 Å². The van der Waals surface area contributed by atoms with Crippen molar-refractivity contribution in [2.75, 3.05) is 12.4 Å². The predicted molar refractivity (Wildman–Crippen MR) is 81.2 cm³/mol. The Hall–Kier alpha value is -1.67. The van der Waals surface area contributed by atoms with Crippen molar-refractivity contribution >= 4 is 17.3 Å². The van der Waals surface area contributed by atoms with E-state index in [0.717, 1.165) is 34.1 Å². The lowest BCUT2D eigenvalue weighted by molar-refractivity contribution is 0.411. The molecule has 0 fully saturated rings. The fourth-order valence-corrected chi connectivity index (χ4v) is 2.22. The Morgan fingerprint density at radius 1 is 1.16 bits per heavy atom. The first-order chi connectivity index (χ1) is 9.11. The standard InChI is InChI=1S/C16H18ClNO/c1-11-9-13(7-8-16(11)19-3)10-18-15-6-4-5-14(17)12(15)2/h4-9,18H,10H2,1-3H3. The van der Waals surface area contributed by atoms with Crippen LogP contribution < -0.4 is 10.1 Å². The van der Waals surface area contributed by atoms with E-state index in [1.165, 1.54) is 5.56 Å². The molecule has 2 nitrogen and oxygen atoms in total. The highest BCUT2D eigenvalue weighted by Gasteiger charge is 2.03. The van der Waals surface area contributed by atoms with Gasteiger partial charge in [0.15, 0.2) is 0 Å². The van der Waals surface area contributed by atoms with E-state index in [4.69, 9.17) is 16.3 Å². The molecule has 0 atom stereocenters. The fraction of sp³-hybridized carbons (Fsp3) is 0.250. The number of hydrogen-bond donors (Lipinski definition) is 1. The van der Waals surface area contributed by atoms with E-state index in [-0.39, 0.29) is 0 Å². The average molecular weight is 276 g/mol. The van der Waals surface area contributed by atoms with Gasteiger partial charge in [-0.25, -0.2) is 0 Å². The summed E-state index contributed by atoms with van der Waals surface area (Å²) < 4.78 is 5.26. The molecule has 0 amide bonds. The zero-order valence-corrected chi connectivity index (χ0v) is 12.2. The zero-order chi connectivity index (χ0) is 13.8. The van der Waals surface area contributed by atoms with Gasteiger partial charge in [-0.3, -0.25) is 0 Å². The Kier molecular flexibility index (Phi) is 4.33. The van der Waals surface area contributed by atoms with Crippen molar-refractivity contribution < 1.29 is 4.74 Å². The molecule has 19 heavy (non-hydrogen) atoms. The molecule has 0 aliphatic carbocycles. The van der Waals surface area contributed by atoms with Gasteiger partial charge in [-0.15, -0.1) is 0 Å². The topological polar surface area (TPSA) is 21.3 Å². The van der Waals surface area contributed by atoms with Gasteiger partial charge in [-0.2, -0.15) is 0 Å². The summed E-state index contributed by atoms with van der Waals surface area (Å²) in [6.07, 6.45) is 0. The van der Waals surface area contributed by atoms with Gasteiger partial charge in [0.25, 0.3) is 0 Å². The molecule has 0 radical (unpaired) electrons. The van der Waals surface area contributed by atoms with Gasteiger partial charge in [0.1, 0.15) is 5.75 Å². The molecule has 0 spiro atoms. The summed E-state index contributed by atoms with van der Waals surface area (Å²) in [5, 5.41) is 4.20. The Morgan fingerprint density at radius 2 is 1.95 bits per heavy atom. The summed E-state index contributed by atoms with van der Waals surface area (Å²) in [5.74, 6) is 0.919. The van der Waals surface area contributed by atoms with Crippen molar-refractivity contribution in [1.82, 2.24) is 0 Å². The third-order valence-electron chi connectivity index (χ3n) is 3.21. The molecule has 0 unspecified atom stereocenters. The van der Waals surface area contributed by atoms with Crippen LogP contribution in [0.3, 0.4) is 0 Å². The smallest absolute Gasteiger partial charge is 0.121 e. The van der Waals surface area contributed by atoms with E-state index < -0.39 is 0 Å². The number of benzene rings is 2. The summed E-state index contributed by atoms with van der Waals surface area (Å²) >= 11 is 6.10. The van der Waals surface area contributed by atoms with Crippen LogP contribution in [0.1, 0.15) is 16.7 Å². The van der Waals surface area contributed by atoms with Gasteiger partial charge < -0.3 is 10.1 Å². The highest BCUT2D eigenvalue weighted by molar-refractivity contribution is 6.31. The molecule has 100 valence electrons. The molecule has 2 rings (SSSR count). The second-order valence-corrected chi connectivity index (χ2v) is 4.98. The Bertz CT molecular complexity index is 581. The number of ether oxygens (including phenoxy) is 1. The SMILES string of the molecule is COc1ccc(CNc2cccc(Cl)c2C)cc1C. The van der Waals surface area contributed by atoms with Crippen molar-refractivity contribution in [3.63, 3.8) is 0 Å². The molecule has 0 saturated carbocycles. The first kappa shape index (κ1) is 13.8. The number of methoxy groups -OCH3 is 1. The Labute approximate surface area is 119 Å². The summed E-state index contributed by atoms with van der Waals surface area (Å²) in [6.45, 7) is 4.84. The number of anilines is 1. The Morgan fingerprint density at radius 3 is 2.63 bits per heavy atom. The molecule has 2 aromatic rings. The van der Waals surface area contributed by atoms with Gasteiger partial charge >= 0.3 is 0 Å². The maximum absolute atomic E-state index is 6.10. The van der Waals surface area contributed by atoms with Gasteiger partial charge in [0.2, 0.25) is 0 Å². The van der Waals surface area contributed by atoms with E-state index in [9.17, 15) is 0 Å². The largest absolute Gasteiger partial charge is 0.496 e. The molecular weight excluding hydrogens is 258 g/mol. The first-order valence-electron chi connectivity index (χ1n) is 6.24. The maximum atomic E-state index is 6.10. The van der Waals surface area contributed by atoms with E-state index in [1.807, 2.05) is 38.1 Å². The second-order valence-electron chi connectivity index (χ2n) is 4.57. The first-order valence-corrected chi connectivity index (χ1v) is 6.62. The maximum Gasteiger partial charge on any atom is 0.121 e. The quantitative estimate of drug-likeness (QED) is 0.882. The molecule has 2 aromatic carbocycles. The van der Waals surface area contributed by atoms with Crippen molar-refractivity contribution in [2.24, 2.45) is 0 Å². The predicted octanol–water partition coefficient (Wildman–Crippen LogP) is 4.58. The van der Waals surface area contributed by atoms with Crippen LogP contribution in [0.15, 0.2) is 36.4 Å². The van der Waals surface area contributed by atoms with Crippen LogP contribution in [-0.2, 0) is 6.54 Å². The second kappa shape index (κ2) is 5.98. The lowest BCUT2D eigenvalue weighted by Crippen LogP contribution is -2.01. The van der Waals surface area contributed by atoms with Gasteiger partial charge in [-0.1, -0.05) is 29.8 Å². The van der Waals surface area contributed by atoms with Crippen molar-refractivity contribution in [3.8, 4) is 5.75 Å². The molecule has 1 N–H and O–H groups in total. The van der Waals surface area contributed by atoms with Gasteiger partial charge in [0.05, 0.1) is 7.11 Å².